The maximum absolute atomic E-state index is 13.9. The molecule has 3 aromatic rings. The Morgan fingerprint density at radius 1 is 1.06 bits per heavy atom. The van der Waals surface area contributed by atoms with Crippen LogP contribution in [0.15, 0.2) is 47.4 Å². The first-order valence-corrected chi connectivity index (χ1v) is 10.9. The Kier molecular flexibility index (Phi) is 6.28. The average Bonchev–Trinajstić information content (AvgIpc) is 2.71. The molecule has 0 aliphatic carbocycles. The first-order chi connectivity index (χ1) is 14.9. The van der Waals surface area contributed by atoms with Gasteiger partial charge in [0.2, 0.25) is 10.0 Å². The van der Waals surface area contributed by atoms with Gasteiger partial charge in [-0.25, -0.2) is 31.5 Å². The minimum absolute atomic E-state index is 0.0126. The van der Waals surface area contributed by atoms with E-state index in [0.29, 0.717) is 6.07 Å². The molecule has 0 bridgehead atoms. The number of urea groups is 1. The zero-order valence-electron chi connectivity index (χ0n) is 16.9. The Labute approximate surface area is 180 Å². The predicted octanol–water partition coefficient (Wildman–Crippen LogP) is 3.18. The van der Waals surface area contributed by atoms with E-state index in [1.807, 2.05) is 0 Å². The van der Waals surface area contributed by atoms with Crippen LogP contribution in [0.1, 0.15) is 25.5 Å². The van der Waals surface area contributed by atoms with E-state index in [0.717, 1.165) is 23.1 Å². The molecule has 0 radical (unpaired) electrons. The van der Waals surface area contributed by atoms with Crippen molar-refractivity contribution in [2.75, 3.05) is 5.32 Å². The number of nitrogens with zero attached hydrogens (tertiary/aromatic N) is 1. The maximum atomic E-state index is 13.9. The number of nitrogens with one attached hydrogen (secondary N) is 2. The third kappa shape index (κ3) is 4.60. The Balaban J connectivity index is 2.12. The molecular formula is C20H19F3N4O4S. The van der Waals surface area contributed by atoms with E-state index in [-0.39, 0.29) is 22.0 Å². The van der Waals surface area contributed by atoms with Crippen molar-refractivity contribution in [3.8, 4) is 0 Å². The number of amides is 2. The van der Waals surface area contributed by atoms with Gasteiger partial charge in [0.05, 0.1) is 11.4 Å². The highest BCUT2D eigenvalue weighted by molar-refractivity contribution is 7.89. The van der Waals surface area contributed by atoms with Crippen molar-refractivity contribution in [1.29, 1.82) is 0 Å². The fourth-order valence-electron chi connectivity index (χ4n) is 3.30. The molecule has 0 fully saturated rings. The first kappa shape index (κ1) is 23.3. The van der Waals surface area contributed by atoms with Gasteiger partial charge >= 0.3 is 6.03 Å². The van der Waals surface area contributed by atoms with Crippen molar-refractivity contribution in [3.05, 3.63) is 76.0 Å². The van der Waals surface area contributed by atoms with Crippen molar-refractivity contribution < 1.29 is 26.4 Å². The number of hydrogen-bond acceptors (Lipinski definition) is 4. The highest BCUT2D eigenvalue weighted by Crippen LogP contribution is 2.30. The van der Waals surface area contributed by atoms with Gasteiger partial charge < -0.3 is 10.3 Å². The van der Waals surface area contributed by atoms with Gasteiger partial charge in [-0.1, -0.05) is 0 Å². The quantitative estimate of drug-likeness (QED) is 0.532. The van der Waals surface area contributed by atoms with E-state index < -0.39 is 50.5 Å². The topological polar surface area (TPSA) is 125 Å². The van der Waals surface area contributed by atoms with Gasteiger partial charge in [-0.3, -0.25) is 9.69 Å². The Morgan fingerprint density at radius 2 is 1.62 bits per heavy atom. The minimum Gasteiger partial charge on any atom is -0.328 e. The standard InChI is InChI=1S/C20H19F3N4O4S/c1-10(16-9-25-19(28)15-8-18(23)17(22)7-14(15)16)27(11(2)32(24,30)31)20(29)26-13-5-3-12(21)4-6-13/h3-11H,1-2H3,(H,25,28)(H,26,29)(H2,24,30,31). The summed E-state index contributed by atoms with van der Waals surface area (Å²) in [4.78, 5) is 28.4. The number of aromatic nitrogens is 1. The normalized spacial score (nSPS) is 13.6. The van der Waals surface area contributed by atoms with E-state index in [4.69, 9.17) is 5.14 Å². The van der Waals surface area contributed by atoms with Crippen LogP contribution in [0, 0.1) is 17.5 Å². The molecule has 2 unspecified atom stereocenters. The second-order valence-electron chi connectivity index (χ2n) is 7.09. The predicted molar refractivity (Wildman–Crippen MR) is 113 cm³/mol. The number of sulfonamides is 1. The molecule has 0 saturated heterocycles. The van der Waals surface area contributed by atoms with Crippen molar-refractivity contribution in [1.82, 2.24) is 9.88 Å². The van der Waals surface area contributed by atoms with Gasteiger partial charge in [-0.05, 0) is 61.2 Å². The maximum Gasteiger partial charge on any atom is 0.323 e. The summed E-state index contributed by atoms with van der Waals surface area (Å²) in [6.45, 7) is 2.60. The lowest BCUT2D eigenvalue weighted by Crippen LogP contribution is -2.48. The van der Waals surface area contributed by atoms with Crippen molar-refractivity contribution in [3.63, 3.8) is 0 Å². The number of carbonyl (C=O) groups is 1. The van der Waals surface area contributed by atoms with Gasteiger partial charge in [-0.15, -0.1) is 0 Å². The summed E-state index contributed by atoms with van der Waals surface area (Å²) < 4.78 is 64.9. The molecule has 32 heavy (non-hydrogen) atoms. The van der Waals surface area contributed by atoms with Gasteiger partial charge in [0.15, 0.2) is 11.6 Å². The van der Waals surface area contributed by atoms with E-state index in [1.165, 1.54) is 32.2 Å². The molecule has 2 atom stereocenters. The number of hydrogen-bond donors (Lipinski definition) is 3. The summed E-state index contributed by atoms with van der Waals surface area (Å²) >= 11 is 0. The highest BCUT2D eigenvalue weighted by Gasteiger charge is 2.34. The second-order valence-corrected chi connectivity index (χ2v) is 8.95. The number of H-pyrrole nitrogens is 1. The molecular weight excluding hydrogens is 449 g/mol. The highest BCUT2D eigenvalue weighted by atomic mass is 32.2. The molecule has 4 N–H and O–H groups in total. The fraction of sp³-hybridized carbons (Fsp3) is 0.200. The molecule has 170 valence electrons. The van der Waals surface area contributed by atoms with Crippen LogP contribution < -0.4 is 16.0 Å². The lowest BCUT2D eigenvalue weighted by Gasteiger charge is -2.34. The molecule has 0 aliphatic heterocycles. The molecule has 0 spiro atoms. The van der Waals surface area contributed by atoms with Crippen LogP contribution in [0.2, 0.25) is 0 Å². The van der Waals surface area contributed by atoms with Crippen molar-refractivity contribution in [2.24, 2.45) is 5.14 Å². The SMILES string of the molecule is CC(c1c[nH]c(=O)c2cc(F)c(F)cc12)N(C(=O)Nc1ccc(F)cc1)C(C)S(N)(=O)=O. The molecule has 8 nitrogen and oxygen atoms in total. The van der Waals surface area contributed by atoms with Crippen LogP contribution in [-0.4, -0.2) is 29.7 Å². The third-order valence-electron chi connectivity index (χ3n) is 5.04. The first-order valence-electron chi connectivity index (χ1n) is 9.27. The molecule has 3 rings (SSSR count). The van der Waals surface area contributed by atoms with Crippen LogP contribution in [0.3, 0.4) is 0 Å². The molecule has 12 heteroatoms. The molecule has 2 amide bonds. The summed E-state index contributed by atoms with van der Waals surface area (Å²) in [6, 6.07) is 4.25. The zero-order valence-corrected chi connectivity index (χ0v) is 17.7. The number of primary sulfonamides is 1. The summed E-state index contributed by atoms with van der Waals surface area (Å²) in [5, 5.41) is 5.96. The van der Waals surface area contributed by atoms with Crippen molar-refractivity contribution >= 4 is 32.5 Å². The smallest absolute Gasteiger partial charge is 0.323 e. The van der Waals surface area contributed by atoms with E-state index in [9.17, 15) is 31.2 Å². The van der Waals surface area contributed by atoms with Crippen LogP contribution in [0.5, 0.6) is 0 Å². The van der Waals surface area contributed by atoms with Crippen LogP contribution >= 0.6 is 0 Å². The zero-order chi connectivity index (χ0) is 23.8. The Morgan fingerprint density at radius 3 is 2.19 bits per heavy atom. The largest absolute Gasteiger partial charge is 0.328 e. The number of rotatable bonds is 5. The second kappa shape index (κ2) is 8.63. The van der Waals surface area contributed by atoms with E-state index >= 15 is 0 Å². The molecule has 0 saturated carbocycles. The van der Waals surface area contributed by atoms with Gasteiger partial charge in [-0.2, -0.15) is 0 Å². The minimum atomic E-state index is -4.28. The fourth-order valence-corrected chi connectivity index (χ4v) is 3.90. The van der Waals surface area contributed by atoms with Crippen LogP contribution in [0.25, 0.3) is 10.8 Å². The molecule has 1 aromatic heterocycles. The number of anilines is 1. The Bertz CT molecular complexity index is 1340. The summed E-state index contributed by atoms with van der Waals surface area (Å²) in [7, 11) is -4.28. The number of nitrogens with two attached hydrogens (primary N) is 1. The van der Waals surface area contributed by atoms with Crippen LogP contribution in [0.4, 0.5) is 23.7 Å². The average molecular weight is 468 g/mol. The molecule has 2 aromatic carbocycles. The number of halogens is 3. The summed E-state index contributed by atoms with van der Waals surface area (Å²) in [5.74, 6) is -3.00. The number of aromatic amines is 1. The summed E-state index contributed by atoms with van der Waals surface area (Å²) in [6.07, 6.45) is 1.18. The van der Waals surface area contributed by atoms with Gasteiger partial charge in [0, 0.05) is 11.9 Å². The molecule has 1 heterocycles. The number of carbonyl (C=O) groups excluding carboxylic acids is 1. The Hall–Kier alpha value is -3.38. The monoisotopic (exact) mass is 468 g/mol. The van der Waals surface area contributed by atoms with Gasteiger partial charge in [0.25, 0.3) is 5.56 Å². The van der Waals surface area contributed by atoms with Crippen molar-refractivity contribution in [2.45, 2.75) is 25.3 Å². The number of fused-ring (bicyclic) bond motifs is 1. The van der Waals surface area contributed by atoms with Gasteiger partial charge in [0.1, 0.15) is 11.2 Å². The number of pyridine rings is 1. The van der Waals surface area contributed by atoms with E-state index in [1.54, 1.807) is 0 Å². The lowest BCUT2D eigenvalue weighted by atomic mass is 10.0. The molecule has 0 aliphatic rings. The van der Waals surface area contributed by atoms with E-state index in [2.05, 4.69) is 10.3 Å². The third-order valence-corrected chi connectivity index (χ3v) is 6.22. The number of benzene rings is 2. The summed E-state index contributed by atoms with van der Waals surface area (Å²) in [5.41, 5.74) is -0.380. The van der Waals surface area contributed by atoms with Crippen LogP contribution in [-0.2, 0) is 10.0 Å². The lowest BCUT2D eigenvalue weighted by molar-refractivity contribution is 0.187.